The number of sulfonamides is 1. The molecule has 0 aromatic heterocycles. The first-order valence-electron chi connectivity index (χ1n) is 13.8. The molecule has 0 saturated carbocycles. The van der Waals surface area contributed by atoms with Gasteiger partial charge in [0.1, 0.15) is 6.17 Å². The van der Waals surface area contributed by atoms with Crippen LogP contribution in [0.2, 0.25) is 0 Å². The van der Waals surface area contributed by atoms with Gasteiger partial charge in [0.05, 0.1) is 16.1 Å². The summed E-state index contributed by atoms with van der Waals surface area (Å²) in [7, 11) is -3.95. The van der Waals surface area contributed by atoms with Crippen LogP contribution in [0.4, 0.5) is 17.1 Å². The number of carbonyl (C=O) groups is 1. The van der Waals surface area contributed by atoms with Gasteiger partial charge in [-0.25, -0.2) is 8.42 Å². The molecule has 6 nitrogen and oxygen atoms in total. The highest BCUT2D eigenvalue weighted by Crippen LogP contribution is 2.43. The summed E-state index contributed by atoms with van der Waals surface area (Å²) in [5, 5.41) is 0. The predicted molar refractivity (Wildman–Crippen MR) is 168 cm³/mol. The van der Waals surface area contributed by atoms with Crippen LogP contribution in [0.25, 0.3) is 0 Å². The van der Waals surface area contributed by atoms with Crippen molar-refractivity contribution in [3.8, 4) is 0 Å². The normalized spacial score (nSPS) is 14.9. The summed E-state index contributed by atoms with van der Waals surface area (Å²) in [4.78, 5) is 18.4. The van der Waals surface area contributed by atoms with Crippen molar-refractivity contribution >= 4 is 33.0 Å². The van der Waals surface area contributed by atoms with Crippen molar-refractivity contribution in [2.24, 2.45) is 0 Å². The van der Waals surface area contributed by atoms with E-state index < -0.39 is 16.2 Å². The van der Waals surface area contributed by atoms with Crippen molar-refractivity contribution in [3.63, 3.8) is 0 Å². The van der Waals surface area contributed by atoms with Gasteiger partial charge in [-0.15, -0.1) is 0 Å². The molecule has 6 rings (SSSR count). The van der Waals surface area contributed by atoms with E-state index in [4.69, 9.17) is 0 Å². The van der Waals surface area contributed by atoms with Crippen molar-refractivity contribution in [2.45, 2.75) is 31.5 Å². The zero-order valence-electron chi connectivity index (χ0n) is 23.4. The van der Waals surface area contributed by atoms with Gasteiger partial charge >= 0.3 is 0 Å². The molecule has 0 bridgehead atoms. The van der Waals surface area contributed by atoms with Gasteiger partial charge in [0.25, 0.3) is 15.9 Å². The van der Waals surface area contributed by atoms with E-state index in [9.17, 15) is 13.2 Å². The van der Waals surface area contributed by atoms with Crippen LogP contribution in [0.5, 0.6) is 0 Å². The summed E-state index contributed by atoms with van der Waals surface area (Å²) < 4.78 is 29.6. The molecule has 1 aliphatic rings. The second-order valence-corrected chi connectivity index (χ2v) is 12.2. The van der Waals surface area contributed by atoms with Crippen LogP contribution < -0.4 is 14.5 Å². The van der Waals surface area contributed by atoms with Gasteiger partial charge in [-0.3, -0.25) is 14.4 Å². The van der Waals surface area contributed by atoms with Gasteiger partial charge in [-0.1, -0.05) is 96.1 Å². The molecule has 1 heterocycles. The Bertz CT molecular complexity index is 1820. The second kappa shape index (κ2) is 11.2. The number of hydrogen-bond donors (Lipinski definition) is 1. The van der Waals surface area contributed by atoms with E-state index in [0.29, 0.717) is 23.5 Å². The zero-order valence-corrected chi connectivity index (χ0v) is 24.3. The zero-order chi connectivity index (χ0) is 29.3. The van der Waals surface area contributed by atoms with Gasteiger partial charge in [-0.2, -0.15) is 0 Å². The number of aryl methyl sites for hydroxylation is 2. The van der Waals surface area contributed by atoms with Gasteiger partial charge in [0.2, 0.25) is 0 Å². The minimum atomic E-state index is -3.95. The van der Waals surface area contributed by atoms with E-state index in [-0.39, 0.29) is 10.8 Å². The molecule has 5 aromatic carbocycles. The Morgan fingerprint density at radius 2 is 1.31 bits per heavy atom. The predicted octanol–water partition coefficient (Wildman–Crippen LogP) is 7.47. The third-order valence-electron chi connectivity index (χ3n) is 7.49. The second-order valence-electron chi connectivity index (χ2n) is 10.6. The highest BCUT2D eigenvalue weighted by molar-refractivity contribution is 7.92. The number of nitrogens with one attached hydrogen (secondary N) is 1. The van der Waals surface area contributed by atoms with Gasteiger partial charge in [-0.05, 0) is 67.4 Å². The highest BCUT2D eigenvalue weighted by Gasteiger charge is 2.40. The number of fused-ring (bicyclic) bond motifs is 1. The summed E-state index contributed by atoms with van der Waals surface area (Å²) in [5.74, 6) is -0.264. The third kappa shape index (κ3) is 5.39. The topological polar surface area (TPSA) is 69.7 Å². The summed E-state index contributed by atoms with van der Waals surface area (Å²) in [6.45, 7) is 4.46. The minimum Gasteiger partial charge on any atom is -0.342 e. The summed E-state index contributed by atoms with van der Waals surface area (Å²) >= 11 is 0. The highest BCUT2D eigenvalue weighted by atomic mass is 32.2. The maximum absolute atomic E-state index is 14.4. The number of benzene rings is 5. The summed E-state index contributed by atoms with van der Waals surface area (Å²) in [6, 6.07) is 39.8. The molecule has 0 unspecified atom stereocenters. The number of carbonyl (C=O) groups excluding carboxylic acids is 1. The van der Waals surface area contributed by atoms with Crippen LogP contribution in [-0.4, -0.2) is 14.3 Å². The molecule has 1 N–H and O–H groups in total. The van der Waals surface area contributed by atoms with E-state index >= 15 is 0 Å². The van der Waals surface area contributed by atoms with Crippen molar-refractivity contribution in [2.75, 3.05) is 14.5 Å². The summed E-state index contributed by atoms with van der Waals surface area (Å²) in [5.41, 5.74) is 6.32. The van der Waals surface area contributed by atoms with E-state index in [1.165, 1.54) is 6.07 Å². The van der Waals surface area contributed by atoms with Crippen LogP contribution in [0.15, 0.2) is 132 Å². The monoisotopic (exact) mass is 573 g/mol. The Hall–Kier alpha value is -4.88. The average molecular weight is 574 g/mol. The first-order chi connectivity index (χ1) is 20.3. The minimum absolute atomic E-state index is 0.0249. The Kier molecular flexibility index (Phi) is 7.27. The Morgan fingerprint density at radius 3 is 1.95 bits per heavy atom. The number of anilines is 3. The van der Waals surface area contributed by atoms with Crippen molar-refractivity contribution in [1.29, 1.82) is 0 Å². The molecular formula is C35H31N3O3S. The first-order valence-corrected chi connectivity index (χ1v) is 15.3. The van der Waals surface area contributed by atoms with Crippen LogP contribution in [0.1, 0.15) is 38.8 Å². The molecular weight excluding hydrogens is 542 g/mol. The molecule has 0 radical (unpaired) electrons. The standard InChI is InChI=1S/C35H31N3O3S/c1-25-13-17-29(18-14-25)36-42(40,41)31-21-22-33-32(23-31)35(39)38(30-19-15-26(2)16-20-30)34(28-11-7-4-8-12-28)37(33)24-27-9-5-3-6-10-27/h3-23,34,36H,24H2,1-2H3/t34-/m0/s1. The molecule has 1 atom stereocenters. The van der Waals surface area contributed by atoms with Gasteiger partial charge in [0.15, 0.2) is 0 Å². The summed E-state index contributed by atoms with van der Waals surface area (Å²) in [6.07, 6.45) is -0.456. The molecule has 0 fully saturated rings. The van der Waals surface area contributed by atoms with Gasteiger partial charge < -0.3 is 4.90 Å². The largest absolute Gasteiger partial charge is 0.342 e. The Morgan fingerprint density at radius 1 is 0.714 bits per heavy atom. The lowest BCUT2D eigenvalue weighted by Gasteiger charge is -2.46. The molecule has 0 saturated heterocycles. The molecule has 42 heavy (non-hydrogen) atoms. The van der Waals surface area contributed by atoms with Gasteiger partial charge in [0, 0.05) is 17.9 Å². The van der Waals surface area contributed by atoms with Crippen molar-refractivity contribution in [3.05, 3.63) is 155 Å². The molecule has 1 amide bonds. The fraction of sp³-hybridized carbons (Fsp3) is 0.114. The smallest absolute Gasteiger partial charge is 0.262 e. The van der Waals surface area contributed by atoms with Crippen molar-refractivity contribution in [1.82, 2.24) is 0 Å². The molecule has 0 aliphatic carbocycles. The quantitative estimate of drug-likeness (QED) is 0.219. The Labute approximate surface area is 246 Å². The van der Waals surface area contributed by atoms with E-state index in [0.717, 1.165) is 27.9 Å². The molecule has 1 aliphatic heterocycles. The average Bonchev–Trinajstić information content (AvgIpc) is 3.01. The number of rotatable bonds is 7. The SMILES string of the molecule is Cc1ccc(NS(=O)(=O)c2ccc3c(c2)C(=O)N(c2ccc(C)cc2)[C@@H](c2ccccc2)N3Cc2ccccc2)cc1. The lowest BCUT2D eigenvalue weighted by atomic mass is 9.99. The van der Waals surface area contributed by atoms with Crippen LogP contribution in [-0.2, 0) is 16.6 Å². The molecule has 0 spiro atoms. The molecule has 210 valence electrons. The number of amides is 1. The van der Waals surface area contributed by atoms with Crippen LogP contribution in [0, 0.1) is 13.8 Å². The molecule has 5 aromatic rings. The van der Waals surface area contributed by atoms with E-state index in [1.807, 2.05) is 98.8 Å². The van der Waals surface area contributed by atoms with Crippen LogP contribution >= 0.6 is 0 Å². The lowest BCUT2D eigenvalue weighted by Crippen LogP contribution is -2.49. The maximum Gasteiger partial charge on any atom is 0.262 e. The third-order valence-corrected chi connectivity index (χ3v) is 8.87. The number of nitrogens with zero attached hydrogens (tertiary/aromatic N) is 2. The van der Waals surface area contributed by atoms with Crippen molar-refractivity contribution < 1.29 is 13.2 Å². The fourth-order valence-electron chi connectivity index (χ4n) is 5.32. The van der Waals surface area contributed by atoms with Crippen LogP contribution in [0.3, 0.4) is 0 Å². The fourth-order valence-corrected chi connectivity index (χ4v) is 6.41. The first kappa shape index (κ1) is 27.3. The van der Waals surface area contributed by atoms with E-state index in [2.05, 4.69) is 21.8 Å². The molecule has 7 heteroatoms. The number of hydrogen-bond acceptors (Lipinski definition) is 4. The lowest BCUT2D eigenvalue weighted by molar-refractivity contribution is 0.0968. The van der Waals surface area contributed by atoms with E-state index in [1.54, 1.807) is 29.2 Å². The Balaban J connectivity index is 1.51. The maximum atomic E-state index is 14.4.